The van der Waals surface area contributed by atoms with Crippen molar-refractivity contribution in [1.82, 2.24) is 0 Å². The lowest BCUT2D eigenvalue weighted by atomic mass is 9.70. The fourth-order valence-electron chi connectivity index (χ4n) is 6.22. The van der Waals surface area contributed by atoms with E-state index in [-0.39, 0.29) is 5.60 Å². The number of hydrogen-bond donors (Lipinski definition) is 0. The van der Waals surface area contributed by atoms with E-state index in [9.17, 15) is 0 Å². The van der Waals surface area contributed by atoms with Gasteiger partial charge < -0.3 is 4.74 Å². The average molecular weight is 308 g/mol. The molecular weight excluding hydrogens is 280 g/mol. The molecule has 23 heavy (non-hydrogen) atoms. The van der Waals surface area contributed by atoms with Crippen molar-refractivity contribution in [2.75, 3.05) is 0 Å². The van der Waals surface area contributed by atoms with E-state index in [4.69, 9.17) is 4.74 Å². The molecule has 1 heterocycles. The molecule has 1 aromatic carbocycles. The highest BCUT2D eigenvalue weighted by Gasteiger charge is 2.55. The molecule has 2 saturated carbocycles. The first-order chi connectivity index (χ1) is 11.3. The third-order valence-electron chi connectivity index (χ3n) is 7.17. The van der Waals surface area contributed by atoms with Gasteiger partial charge in [-0.2, -0.15) is 0 Å². The monoisotopic (exact) mass is 308 g/mol. The number of hydrogen-bond acceptors (Lipinski definition) is 1. The second-order valence-electron chi connectivity index (χ2n) is 8.31. The molecule has 4 aliphatic rings. The van der Waals surface area contributed by atoms with Crippen molar-refractivity contribution in [2.45, 2.75) is 75.9 Å². The van der Waals surface area contributed by atoms with E-state index in [2.05, 4.69) is 37.3 Å². The number of ether oxygens (including phenoxy) is 1. The standard InChI is InChI=1S/C22H28O/c1-15-14-22(23-21-13-7-4-8-16(15)21)19-11-5-2-9-17(19)18-10-3-6-12-20(18)22/h2,5,9,11,14,16,18,20-21H,3-4,6-8,10,12-13H2,1H3/t16-,18?,20?,21?,22?/m0/s1. The molecule has 5 rings (SSSR count). The van der Waals surface area contributed by atoms with Crippen LogP contribution in [0.5, 0.6) is 0 Å². The Morgan fingerprint density at radius 1 is 0.913 bits per heavy atom. The minimum absolute atomic E-state index is 0.107. The maximum absolute atomic E-state index is 7.03. The summed E-state index contributed by atoms with van der Waals surface area (Å²) < 4.78 is 7.03. The first kappa shape index (κ1) is 14.3. The van der Waals surface area contributed by atoms with E-state index in [1.54, 1.807) is 11.1 Å². The van der Waals surface area contributed by atoms with Crippen LogP contribution in [0, 0.1) is 11.8 Å². The third-order valence-corrected chi connectivity index (χ3v) is 7.17. The summed E-state index contributed by atoms with van der Waals surface area (Å²) in [5.74, 6) is 2.08. The van der Waals surface area contributed by atoms with Gasteiger partial charge in [-0.15, -0.1) is 0 Å². The van der Waals surface area contributed by atoms with Crippen LogP contribution in [0.2, 0.25) is 0 Å². The molecular formula is C22H28O. The molecule has 2 fully saturated rings. The molecule has 0 aromatic heterocycles. The Bertz CT molecular complexity index is 645. The van der Waals surface area contributed by atoms with Gasteiger partial charge in [0.05, 0.1) is 6.10 Å². The maximum Gasteiger partial charge on any atom is 0.116 e. The second-order valence-corrected chi connectivity index (χ2v) is 8.31. The highest BCUT2D eigenvalue weighted by molar-refractivity contribution is 5.47. The molecule has 1 spiro atoms. The Morgan fingerprint density at radius 2 is 1.65 bits per heavy atom. The molecule has 0 radical (unpaired) electrons. The predicted octanol–water partition coefficient (Wildman–Crippen LogP) is 5.70. The van der Waals surface area contributed by atoms with Gasteiger partial charge in [0.1, 0.15) is 5.60 Å². The molecule has 0 amide bonds. The zero-order valence-electron chi connectivity index (χ0n) is 14.3. The minimum atomic E-state index is -0.107. The molecule has 4 unspecified atom stereocenters. The zero-order chi connectivity index (χ0) is 15.4. The topological polar surface area (TPSA) is 9.23 Å². The normalized spacial score (nSPS) is 41.9. The van der Waals surface area contributed by atoms with Crippen LogP contribution < -0.4 is 0 Å². The van der Waals surface area contributed by atoms with Crippen molar-refractivity contribution in [3.05, 3.63) is 47.0 Å². The summed E-state index contributed by atoms with van der Waals surface area (Å²) in [6.45, 7) is 2.38. The van der Waals surface area contributed by atoms with E-state index < -0.39 is 0 Å². The van der Waals surface area contributed by atoms with E-state index in [1.165, 1.54) is 56.9 Å². The summed E-state index contributed by atoms with van der Waals surface area (Å²) >= 11 is 0. The average Bonchev–Trinajstić information content (AvgIpc) is 2.86. The van der Waals surface area contributed by atoms with Gasteiger partial charge in [-0.25, -0.2) is 0 Å². The highest BCUT2D eigenvalue weighted by atomic mass is 16.5. The van der Waals surface area contributed by atoms with E-state index in [0.29, 0.717) is 17.9 Å². The SMILES string of the molecule is CC1=CC2(OC3CCCC[C@@H]13)c1ccccc1C1CCCCC12. The van der Waals surface area contributed by atoms with Gasteiger partial charge in [0.2, 0.25) is 0 Å². The Hall–Kier alpha value is -1.08. The van der Waals surface area contributed by atoms with Crippen molar-refractivity contribution < 1.29 is 4.74 Å². The van der Waals surface area contributed by atoms with Crippen LogP contribution >= 0.6 is 0 Å². The van der Waals surface area contributed by atoms with Gasteiger partial charge in [-0.05, 0) is 55.7 Å². The molecule has 0 saturated heterocycles. The molecule has 3 aliphatic carbocycles. The van der Waals surface area contributed by atoms with Gasteiger partial charge in [0.25, 0.3) is 0 Å². The van der Waals surface area contributed by atoms with Crippen LogP contribution in [0.4, 0.5) is 0 Å². The van der Waals surface area contributed by atoms with Gasteiger partial charge in [0.15, 0.2) is 0 Å². The lowest BCUT2D eigenvalue weighted by Crippen LogP contribution is -2.46. The number of rotatable bonds is 0. The van der Waals surface area contributed by atoms with E-state index >= 15 is 0 Å². The summed E-state index contributed by atoms with van der Waals surface area (Å²) in [6, 6.07) is 9.19. The van der Waals surface area contributed by atoms with Crippen molar-refractivity contribution >= 4 is 0 Å². The molecule has 122 valence electrons. The molecule has 0 bridgehead atoms. The summed E-state index contributed by atoms with van der Waals surface area (Å²) in [7, 11) is 0. The lowest BCUT2D eigenvalue weighted by Gasteiger charge is -2.48. The van der Waals surface area contributed by atoms with E-state index in [0.717, 1.165) is 5.92 Å². The van der Waals surface area contributed by atoms with Crippen LogP contribution in [0.1, 0.15) is 75.3 Å². The van der Waals surface area contributed by atoms with Crippen molar-refractivity contribution in [3.8, 4) is 0 Å². The molecule has 0 N–H and O–H groups in total. The highest BCUT2D eigenvalue weighted by Crippen LogP contribution is 2.60. The molecule has 1 aromatic rings. The summed E-state index contributed by atoms with van der Waals surface area (Å²) in [5, 5.41) is 0. The van der Waals surface area contributed by atoms with Gasteiger partial charge in [-0.3, -0.25) is 0 Å². The van der Waals surface area contributed by atoms with Crippen LogP contribution in [0.15, 0.2) is 35.9 Å². The van der Waals surface area contributed by atoms with Gasteiger partial charge in [-0.1, -0.05) is 55.5 Å². The second kappa shape index (κ2) is 5.21. The fraction of sp³-hybridized carbons (Fsp3) is 0.636. The quantitative estimate of drug-likeness (QED) is 0.558. The van der Waals surface area contributed by atoms with Crippen LogP contribution in [0.3, 0.4) is 0 Å². The third kappa shape index (κ3) is 1.95. The molecule has 1 aliphatic heterocycles. The molecule has 1 nitrogen and oxygen atoms in total. The predicted molar refractivity (Wildman–Crippen MR) is 93.4 cm³/mol. The van der Waals surface area contributed by atoms with Crippen LogP contribution in [-0.4, -0.2) is 6.10 Å². The number of benzene rings is 1. The minimum Gasteiger partial charge on any atom is -0.362 e. The Labute approximate surface area is 140 Å². The Kier molecular flexibility index (Phi) is 3.23. The maximum atomic E-state index is 7.03. The van der Waals surface area contributed by atoms with Gasteiger partial charge in [0, 0.05) is 11.8 Å². The first-order valence-electron chi connectivity index (χ1n) is 9.76. The van der Waals surface area contributed by atoms with Crippen LogP contribution in [-0.2, 0) is 10.3 Å². The lowest BCUT2D eigenvalue weighted by molar-refractivity contribution is -0.141. The van der Waals surface area contributed by atoms with Gasteiger partial charge >= 0.3 is 0 Å². The number of fused-ring (bicyclic) bond motifs is 6. The molecule has 1 heteroatoms. The van der Waals surface area contributed by atoms with E-state index in [1.807, 2.05) is 0 Å². The fourth-order valence-corrected chi connectivity index (χ4v) is 6.22. The van der Waals surface area contributed by atoms with Crippen molar-refractivity contribution in [1.29, 1.82) is 0 Å². The summed E-state index contributed by atoms with van der Waals surface area (Å²) in [5.41, 5.74) is 4.60. The zero-order valence-corrected chi connectivity index (χ0v) is 14.3. The smallest absolute Gasteiger partial charge is 0.116 e. The summed E-state index contributed by atoms with van der Waals surface area (Å²) in [6.07, 6.45) is 13.8. The first-order valence-corrected chi connectivity index (χ1v) is 9.76. The summed E-state index contributed by atoms with van der Waals surface area (Å²) in [4.78, 5) is 0. The Morgan fingerprint density at radius 3 is 2.57 bits per heavy atom. The van der Waals surface area contributed by atoms with Crippen molar-refractivity contribution in [2.24, 2.45) is 11.8 Å². The Balaban J connectivity index is 1.67. The largest absolute Gasteiger partial charge is 0.362 e. The molecule has 5 atom stereocenters. The van der Waals surface area contributed by atoms with Crippen LogP contribution in [0.25, 0.3) is 0 Å². The van der Waals surface area contributed by atoms with Crippen molar-refractivity contribution in [3.63, 3.8) is 0 Å².